The minimum Gasteiger partial charge on any atom is -0.462 e. The van der Waals surface area contributed by atoms with Gasteiger partial charge in [-0.25, -0.2) is 9.59 Å². The average Bonchev–Trinajstić information content (AvgIpc) is 3.14. The predicted octanol–water partition coefficient (Wildman–Crippen LogP) is 4.47. The molecule has 0 amide bonds. The van der Waals surface area contributed by atoms with Crippen molar-refractivity contribution in [2.45, 2.75) is 13.8 Å². The lowest BCUT2D eigenvalue weighted by atomic mass is 10.0. The summed E-state index contributed by atoms with van der Waals surface area (Å²) in [5.41, 5.74) is 0.639. The van der Waals surface area contributed by atoms with Crippen LogP contribution >= 0.6 is 22.7 Å². The van der Waals surface area contributed by atoms with Crippen molar-refractivity contribution < 1.29 is 19.1 Å². The molecule has 0 saturated heterocycles. The third kappa shape index (κ3) is 2.28. The summed E-state index contributed by atoms with van der Waals surface area (Å²) in [4.78, 5) is 24.9. The van der Waals surface area contributed by atoms with Crippen LogP contribution in [0.2, 0.25) is 0 Å². The number of rotatable bonds is 4. The van der Waals surface area contributed by atoms with Gasteiger partial charge in [-0.2, -0.15) is 0 Å². The van der Waals surface area contributed by atoms with Gasteiger partial charge in [0.05, 0.1) is 33.7 Å². The minimum absolute atomic E-state index is 0.260. The SMILES string of the molecule is CCOC(=O)c1c(C(=O)OCC)c2sccc2c2ccsc12. The van der Waals surface area contributed by atoms with Gasteiger partial charge in [0.1, 0.15) is 0 Å². The van der Waals surface area contributed by atoms with Crippen LogP contribution in [0, 0.1) is 0 Å². The minimum atomic E-state index is -0.478. The molecule has 0 fully saturated rings. The quantitative estimate of drug-likeness (QED) is 0.661. The number of ether oxygens (including phenoxy) is 2. The van der Waals surface area contributed by atoms with Crippen molar-refractivity contribution in [2.24, 2.45) is 0 Å². The average molecular weight is 334 g/mol. The molecule has 6 heteroatoms. The number of hydrogen-bond acceptors (Lipinski definition) is 6. The molecule has 0 atom stereocenters. The maximum absolute atomic E-state index is 12.4. The van der Waals surface area contributed by atoms with Gasteiger partial charge in [-0.3, -0.25) is 0 Å². The lowest BCUT2D eigenvalue weighted by molar-refractivity contribution is 0.0483. The van der Waals surface area contributed by atoms with Crippen molar-refractivity contribution in [3.8, 4) is 0 Å². The van der Waals surface area contributed by atoms with Gasteiger partial charge in [0, 0.05) is 10.8 Å². The van der Waals surface area contributed by atoms with Gasteiger partial charge in [-0.05, 0) is 36.7 Å². The summed E-state index contributed by atoms with van der Waals surface area (Å²) in [6.07, 6.45) is 0. The second kappa shape index (κ2) is 6.06. The molecule has 0 bridgehead atoms. The number of hydrogen-bond donors (Lipinski definition) is 0. The highest BCUT2D eigenvalue weighted by Crippen LogP contribution is 2.39. The molecule has 2 heterocycles. The first-order chi connectivity index (χ1) is 10.7. The molecule has 22 heavy (non-hydrogen) atoms. The Balaban J connectivity index is 2.39. The van der Waals surface area contributed by atoms with Gasteiger partial charge in [0.2, 0.25) is 0 Å². The highest BCUT2D eigenvalue weighted by Gasteiger charge is 2.27. The molecule has 0 N–H and O–H groups in total. The topological polar surface area (TPSA) is 52.6 Å². The van der Waals surface area contributed by atoms with E-state index in [0.717, 1.165) is 20.2 Å². The van der Waals surface area contributed by atoms with E-state index in [4.69, 9.17) is 9.47 Å². The van der Waals surface area contributed by atoms with Crippen molar-refractivity contribution in [3.05, 3.63) is 34.0 Å². The first-order valence-electron chi connectivity index (χ1n) is 6.93. The number of fused-ring (bicyclic) bond motifs is 3. The zero-order valence-electron chi connectivity index (χ0n) is 12.2. The summed E-state index contributed by atoms with van der Waals surface area (Å²) in [5.74, 6) is -0.957. The standard InChI is InChI=1S/C16H14O4S2/c1-3-19-15(17)11-12(16(18)20-4-2)14-10(6-8-22-14)9-5-7-21-13(9)11/h5-8H,3-4H2,1-2H3. The van der Waals surface area contributed by atoms with Crippen LogP contribution in [0.5, 0.6) is 0 Å². The van der Waals surface area contributed by atoms with Crippen LogP contribution in [-0.2, 0) is 9.47 Å². The maximum Gasteiger partial charge on any atom is 0.340 e. The van der Waals surface area contributed by atoms with Gasteiger partial charge < -0.3 is 9.47 Å². The summed E-state index contributed by atoms with van der Waals surface area (Å²) in [7, 11) is 0. The Morgan fingerprint density at radius 2 is 1.27 bits per heavy atom. The zero-order valence-corrected chi connectivity index (χ0v) is 13.8. The van der Waals surface area contributed by atoms with Crippen LogP contribution in [0.15, 0.2) is 22.9 Å². The molecule has 0 saturated carbocycles. The Bertz CT molecular complexity index is 788. The first-order valence-corrected chi connectivity index (χ1v) is 8.69. The second-order valence-electron chi connectivity index (χ2n) is 4.52. The Morgan fingerprint density at radius 1 is 0.864 bits per heavy atom. The Labute approximate surface area is 135 Å². The Hall–Kier alpha value is -1.92. The third-order valence-corrected chi connectivity index (χ3v) is 5.15. The number of thiophene rings is 2. The molecule has 2 aromatic heterocycles. The van der Waals surface area contributed by atoms with Crippen LogP contribution in [0.4, 0.5) is 0 Å². The highest BCUT2D eigenvalue weighted by atomic mass is 32.1. The van der Waals surface area contributed by atoms with Gasteiger partial charge in [0.15, 0.2) is 0 Å². The van der Waals surface area contributed by atoms with Gasteiger partial charge in [0.25, 0.3) is 0 Å². The van der Waals surface area contributed by atoms with E-state index in [9.17, 15) is 9.59 Å². The lowest BCUT2D eigenvalue weighted by Gasteiger charge is -2.11. The van der Waals surface area contributed by atoms with Crippen LogP contribution in [0.1, 0.15) is 34.6 Å². The fourth-order valence-electron chi connectivity index (χ4n) is 2.45. The predicted molar refractivity (Wildman–Crippen MR) is 89.1 cm³/mol. The van der Waals surface area contributed by atoms with Crippen molar-refractivity contribution in [1.82, 2.24) is 0 Å². The van der Waals surface area contributed by atoms with E-state index in [1.165, 1.54) is 22.7 Å². The van der Waals surface area contributed by atoms with Gasteiger partial charge >= 0.3 is 11.9 Å². The Morgan fingerprint density at radius 3 is 1.64 bits per heavy atom. The molecule has 114 valence electrons. The molecule has 0 spiro atoms. The van der Waals surface area contributed by atoms with Gasteiger partial charge in [-0.15, -0.1) is 22.7 Å². The third-order valence-electron chi connectivity index (χ3n) is 3.28. The van der Waals surface area contributed by atoms with E-state index < -0.39 is 11.9 Å². The molecule has 0 unspecified atom stereocenters. The van der Waals surface area contributed by atoms with E-state index in [2.05, 4.69) is 0 Å². The number of benzene rings is 1. The van der Waals surface area contributed by atoms with E-state index in [1.807, 2.05) is 22.9 Å². The summed E-state index contributed by atoms with van der Waals surface area (Å²) in [5, 5.41) is 5.77. The summed E-state index contributed by atoms with van der Waals surface area (Å²) in [6.45, 7) is 4.02. The monoisotopic (exact) mass is 334 g/mol. The molecular weight excluding hydrogens is 320 g/mol. The van der Waals surface area contributed by atoms with Crippen LogP contribution < -0.4 is 0 Å². The van der Waals surface area contributed by atoms with Crippen LogP contribution in [-0.4, -0.2) is 25.2 Å². The van der Waals surface area contributed by atoms with Gasteiger partial charge in [-0.1, -0.05) is 0 Å². The molecule has 0 aliphatic carbocycles. The van der Waals surface area contributed by atoms with Crippen molar-refractivity contribution in [3.63, 3.8) is 0 Å². The molecule has 1 aromatic carbocycles. The van der Waals surface area contributed by atoms with E-state index in [0.29, 0.717) is 11.1 Å². The van der Waals surface area contributed by atoms with Crippen LogP contribution in [0.25, 0.3) is 20.2 Å². The summed E-state index contributed by atoms with van der Waals surface area (Å²) >= 11 is 2.86. The molecule has 0 aliphatic heterocycles. The van der Waals surface area contributed by atoms with E-state index >= 15 is 0 Å². The second-order valence-corrected chi connectivity index (χ2v) is 6.35. The number of carbonyl (C=O) groups is 2. The molecule has 3 rings (SSSR count). The fraction of sp³-hybridized carbons (Fsp3) is 0.250. The highest BCUT2D eigenvalue weighted by molar-refractivity contribution is 7.19. The van der Waals surface area contributed by atoms with E-state index in [1.54, 1.807) is 13.8 Å². The zero-order chi connectivity index (χ0) is 15.7. The van der Waals surface area contributed by atoms with Crippen molar-refractivity contribution >= 4 is 54.8 Å². The van der Waals surface area contributed by atoms with Crippen molar-refractivity contribution in [1.29, 1.82) is 0 Å². The molecular formula is C16H14O4S2. The molecule has 3 aromatic rings. The molecule has 0 aliphatic rings. The smallest absolute Gasteiger partial charge is 0.340 e. The van der Waals surface area contributed by atoms with E-state index in [-0.39, 0.29) is 13.2 Å². The largest absolute Gasteiger partial charge is 0.462 e. The Kier molecular flexibility index (Phi) is 4.13. The fourth-order valence-corrected chi connectivity index (χ4v) is 4.35. The summed E-state index contributed by atoms with van der Waals surface area (Å²) in [6, 6.07) is 3.93. The molecule has 0 radical (unpaired) electrons. The lowest BCUT2D eigenvalue weighted by Crippen LogP contribution is -2.14. The number of carbonyl (C=O) groups excluding carboxylic acids is 2. The summed E-state index contributed by atoms with van der Waals surface area (Å²) < 4.78 is 11.9. The first kappa shape index (κ1) is 15.0. The van der Waals surface area contributed by atoms with Crippen LogP contribution in [0.3, 0.4) is 0 Å². The normalized spacial score (nSPS) is 11.0. The maximum atomic E-state index is 12.4. The number of esters is 2. The molecule has 4 nitrogen and oxygen atoms in total. The van der Waals surface area contributed by atoms with Crippen molar-refractivity contribution in [2.75, 3.05) is 13.2 Å².